The van der Waals surface area contributed by atoms with Crippen LogP contribution in [0.4, 0.5) is 0 Å². The summed E-state index contributed by atoms with van der Waals surface area (Å²) < 4.78 is 13.0. The molecule has 0 aromatic carbocycles. The van der Waals surface area contributed by atoms with Crippen LogP contribution in [-0.4, -0.2) is 36.9 Å². The summed E-state index contributed by atoms with van der Waals surface area (Å²) in [6.07, 6.45) is 2.19. The minimum absolute atomic E-state index is 0.0385. The van der Waals surface area contributed by atoms with Crippen LogP contribution < -0.4 is 0 Å². The lowest BCUT2D eigenvalue weighted by Crippen LogP contribution is -2.00. The Morgan fingerprint density at radius 1 is 1.20 bits per heavy atom. The van der Waals surface area contributed by atoms with E-state index in [0.29, 0.717) is 40.9 Å². The van der Waals surface area contributed by atoms with Gasteiger partial charge in [-0.1, -0.05) is 5.21 Å². The maximum atomic E-state index is 8.82. The number of hydrogen-bond donors (Lipinski definition) is 1. The summed E-state index contributed by atoms with van der Waals surface area (Å²) in [6.45, 7) is 0.351. The molecular formula is C11H10BrN5O3. The van der Waals surface area contributed by atoms with Crippen LogP contribution in [0.1, 0.15) is 11.6 Å². The van der Waals surface area contributed by atoms with Crippen LogP contribution in [0, 0.1) is 0 Å². The summed E-state index contributed by atoms with van der Waals surface area (Å²) in [6, 6.07) is 3.48. The zero-order valence-electron chi connectivity index (χ0n) is 10.2. The van der Waals surface area contributed by atoms with E-state index in [1.54, 1.807) is 23.0 Å². The molecule has 8 nitrogen and oxygen atoms in total. The van der Waals surface area contributed by atoms with Crippen LogP contribution in [0.5, 0.6) is 0 Å². The maximum absolute atomic E-state index is 8.82. The van der Waals surface area contributed by atoms with Crippen LogP contribution in [-0.2, 0) is 13.0 Å². The number of halogens is 1. The molecule has 0 aliphatic carbocycles. The molecule has 1 N–H and O–H groups in total. The third kappa shape index (κ3) is 2.78. The van der Waals surface area contributed by atoms with Crippen LogP contribution >= 0.6 is 15.9 Å². The average molecular weight is 340 g/mol. The minimum atomic E-state index is 0.0385. The smallest absolute Gasteiger partial charge is 0.283 e. The van der Waals surface area contributed by atoms with Gasteiger partial charge in [-0.15, -0.1) is 15.3 Å². The lowest BCUT2D eigenvalue weighted by atomic mass is 10.3. The van der Waals surface area contributed by atoms with E-state index in [1.165, 1.54) is 0 Å². The topological polar surface area (TPSA) is 103 Å². The lowest BCUT2D eigenvalue weighted by Gasteiger charge is -1.93. The van der Waals surface area contributed by atoms with Crippen molar-refractivity contribution in [2.45, 2.75) is 13.0 Å². The number of rotatable bonds is 5. The van der Waals surface area contributed by atoms with E-state index in [9.17, 15) is 0 Å². The van der Waals surface area contributed by atoms with Crippen LogP contribution in [0.25, 0.3) is 11.7 Å². The van der Waals surface area contributed by atoms with Gasteiger partial charge in [0.25, 0.3) is 5.89 Å². The highest BCUT2D eigenvalue weighted by atomic mass is 79.9. The molecule has 0 aliphatic heterocycles. The second kappa shape index (κ2) is 5.55. The van der Waals surface area contributed by atoms with Crippen molar-refractivity contribution >= 4 is 15.9 Å². The Bertz CT molecular complexity index is 704. The van der Waals surface area contributed by atoms with E-state index < -0.39 is 0 Å². The Labute approximate surface area is 121 Å². The van der Waals surface area contributed by atoms with Gasteiger partial charge in [0, 0.05) is 19.2 Å². The lowest BCUT2D eigenvalue weighted by molar-refractivity contribution is 0.298. The second-order valence-electron chi connectivity index (χ2n) is 3.99. The van der Waals surface area contributed by atoms with E-state index in [-0.39, 0.29) is 6.61 Å². The van der Waals surface area contributed by atoms with Crippen molar-refractivity contribution in [2.24, 2.45) is 0 Å². The summed E-state index contributed by atoms with van der Waals surface area (Å²) in [7, 11) is 0. The van der Waals surface area contributed by atoms with Gasteiger partial charge in [0.2, 0.25) is 5.89 Å². The monoisotopic (exact) mass is 339 g/mol. The molecule has 0 saturated carbocycles. The van der Waals surface area contributed by atoms with Gasteiger partial charge in [-0.05, 0) is 28.1 Å². The van der Waals surface area contributed by atoms with Crippen molar-refractivity contribution in [1.29, 1.82) is 0 Å². The van der Waals surface area contributed by atoms with E-state index in [4.69, 9.17) is 13.9 Å². The van der Waals surface area contributed by atoms with Gasteiger partial charge < -0.3 is 13.9 Å². The van der Waals surface area contributed by atoms with Gasteiger partial charge in [0.15, 0.2) is 10.4 Å². The predicted molar refractivity (Wildman–Crippen MR) is 69.6 cm³/mol. The molecule has 3 heterocycles. The first-order chi connectivity index (χ1) is 9.74. The SMILES string of the molecule is OCCc1cn(Cc2nnc(-c3ccc(Br)o3)o2)nn1. The van der Waals surface area contributed by atoms with Crippen molar-refractivity contribution in [3.05, 3.63) is 34.6 Å². The highest BCUT2D eigenvalue weighted by Crippen LogP contribution is 2.23. The molecule has 3 rings (SSSR count). The molecular weight excluding hydrogens is 330 g/mol. The highest BCUT2D eigenvalue weighted by Gasteiger charge is 2.13. The number of aliphatic hydroxyl groups is 1. The number of hydrogen-bond acceptors (Lipinski definition) is 7. The van der Waals surface area contributed by atoms with E-state index in [1.807, 2.05) is 0 Å². The molecule has 3 aromatic heterocycles. The minimum Gasteiger partial charge on any atom is -0.444 e. The predicted octanol–water partition coefficient (Wildman–Crippen LogP) is 1.27. The Balaban J connectivity index is 1.73. The highest BCUT2D eigenvalue weighted by molar-refractivity contribution is 9.10. The first kappa shape index (κ1) is 13.0. The molecule has 0 unspecified atom stereocenters. The molecule has 20 heavy (non-hydrogen) atoms. The number of furan rings is 1. The quantitative estimate of drug-likeness (QED) is 0.746. The second-order valence-corrected chi connectivity index (χ2v) is 4.77. The van der Waals surface area contributed by atoms with Crippen molar-refractivity contribution in [2.75, 3.05) is 6.61 Å². The molecule has 3 aromatic rings. The van der Waals surface area contributed by atoms with Gasteiger partial charge in [-0.2, -0.15) is 0 Å². The molecule has 104 valence electrons. The zero-order valence-corrected chi connectivity index (χ0v) is 11.8. The molecule has 0 spiro atoms. The summed E-state index contributed by atoms with van der Waals surface area (Å²) in [5, 5.41) is 24.5. The van der Waals surface area contributed by atoms with Gasteiger partial charge >= 0.3 is 0 Å². The van der Waals surface area contributed by atoms with Gasteiger partial charge in [-0.3, -0.25) is 0 Å². The van der Waals surface area contributed by atoms with Crippen molar-refractivity contribution in [1.82, 2.24) is 25.2 Å². The normalized spacial score (nSPS) is 11.1. The largest absolute Gasteiger partial charge is 0.444 e. The molecule has 0 saturated heterocycles. The van der Waals surface area contributed by atoms with E-state index in [0.717, 1.165) is 0 Å². The zero-order chi connectivity index (χ0) is 13.9. The number of aromatic nitrogens is 5. The van der Waals surface area contributed by atoms with Crippen molar-refractivity contribution in [3.8, 4) is 11.7 Å². The van der Waals surface area contributed by atoms with E-state index in [2.05, 4.69) is 36.4 Å². The first-order valence-corrected chi connectivity index (χ1v) is 6.62. The van der Waals surface area contributed by atoms with Crippen molar-refractivity contribution in [3.63, 3.8) is 0 Å². The van der Waals surface area contributed by atoms with Gasteiger partial charge in [0.1, 0.15) is 6.54 Å². The standard InChI is InChI=1S/C11H10BrN5O3/c12-9-2-1-8(19-9)11-15-14-10(20-11)6-17-5-7(3-4-18)13-16-17/h1-2,5,18H,3-4,6H2. The summed E-state index contributed by atoms with van der Waals surface area (Å²) in [4.78, 5) is 0. The third-order valence-corrected chi connectivity index (χ3v) is 2.93. The first-order valence-electron chi connectivity index (χ1n) is 5.82. The molecule has 0 atom stereocenters. The molecule has 0 amide bonds. The maximum Gasteiger partial charge on any atom is 0.283 e. The van der Waals surface area contributed by atoms with Crippen molar-refractivity contribution < 1.29 is 13.9 Å². The van der Waals surface area contributed by atoms with Gasteiger partial charge in [0.05, 0.1) is 5.69 Å². The molecule has 0 fully saturated rings. The Hall–Kier alpha value is -2.00. The van der Waals surface area contributed by atoms with Crippen LogP contribution in [0.15, 0.2) is 31.8 Å². The number of nitrogens with zero attached hydrogens (tertiary/aromatic N) is 5. The summed E-state index contributed by atoms with van der Waals surface area (Å²) in [5.41, 5.74) is 0.710. The van der Waals surface area contributed by atoms with Gasteiger partial charge in [-0.25, -0.2) is 4.68 Å². The molecule has 0 aliphatic rings. The van der Waals surface area contributed by atoms with Crippen LogP contribution in [0.3, 0.4) is 0 Å². The Morgan fingerprint density at radius 2 is 2.10 bits per heavy atom. The summed E-state index contributed by atoms with van der Waals surface area (Å²) in [5.74, 6) is 1.20. The Kier molecular flexibility index (Phi) is 3.61. The fraction of sp³-hybridized carbons (Fsp3) is 0.273. The van der Waals surface area contributed by atoms with Crippen LogP contribution in [0.2, 0.25) is 0 Å². The van der Waals surface area contributed by atoms with E-state index >= 15 is 0 Å². The number of aliphatic hydroxyl groups excluding tert-OH is 1. The molecule has 9 heteroatoms. The molecule has 0 radical (unpaired) electrons. The third-order valence-electron chi connectivity index (χ3n) is 2.50. The fourth-order valence-corrected chi connectivity index (χ4v) is 1.94. The Morgan fingerprint density at radius 3 is 2.85 bits per heavy atom. The summed E-state index contributed by atoms with van der Waals surface area (Å²) >= 11 is 3.21. The molecule has 0 bridgehead atoms. The average Bonchev–Trinajstić information content (AvgIpc) is 3.12. The fourth-order valence-electron chi connectivity index (χ4n) is 1.63.